The summed E-state index contributed by atoms with van der Waals surface area (Å²) in [7, 11) is 1.36. The van der Waals surface area contributed by atoms with Gasteiger partial charge in [-0.05, 0) is 52.3 Å². The number of carbonyl (C=O) groups is 1. The lowest BCUT2D eigenvalue weighted by Gasteiger charge is -2.31. The van der Waals surface area contributed by atoms with E-state index in [2.05, 4.69) is 6.66 Å². The van der Waals surface area contributed by atoms with Crippen molar-refractivity contribution < 1.29 is 4.79 Å². The number of carbonyl (C=O) groups excluding carboxylic acids is 1. The van der Waals surface area contributed by atoms with Crippen molar-refractivity contribution in [2.75, 3.05) is 13.7 Å². The minimum absolute atomic E-state index is 0.494. The molecule has 100 valence electrons. The fourth-order valence-corrected chi connectivity index (χ4v) is 5.90. The van der Waals surface area contributed by atoms with E-state index in [0.29, 0.717) is 10.0 Å². The van der Waals surface area contributed by atoms with E-state index in [4.69, 9.17) is 23.2 Å². The van der Waals surface area contributed by atoms with Gasteiger partial charge in [0.15, 0.2) is 0 Å². The van der Waals surface area contributed by atoms with Crippen LogP contribution in [0.3, 0.4) is 0 Å². The number of hydrogen-bond acceptors (Lipinski definition) is 3. The molecule has 1 rings (SSSR count). The van der Waals surface area contributed by atoms with Gasteiger partial charge in [0.25, 0.3) is 0 Å². The first-order valence-electron chi connectivity index (χ1n) is 5.35. The topological polar surface area (TPSA) is 20.3 Å². The lowest BCUT2D eigenvalue weighted by Crippen LogP contribution is -2.37. The molecule has 0 fully saturated rings. The molecule has 1 unspecified atom stereocenters. The Labute approximate surface area is 124 Å². The molecule has 1 aromatic carbocycles. The van der Waals surface area contributed by atoms with Crippen molar-refractivity contribution in [3.05, 3.63) is 28.2 Å². The Bertz CT molecular complexity index is 442. The quantitative estimate of drug-likeness (QED) is 0.460. The molecule has 0 aliphatic heterocycles. The van der Waals surface area contributed by atoms with E-state index in [-0.39, 0.29) is 0 Å². The summed E-state index contributed by atoms with van der Waals surface area (Å²) in [5, 5.41) is 2.22. The summed E-state index contributed by atoms with van der Waals surface area (Å²) in [6.45, 7) is 5.88. The minimum Gasteiger partial charge on any atom is -0.301 e. The van der Waals surface area contributed by atoms with Crippen molar-refractivity contribution in [2.45, 2.75) is 19.4 Å². The van der Waals surface area contributed by atoms with Gasteiger partial charge in [0, 0.05) is 5.30 Å². The number of rotatable bonds is 5. The fraction of sp³-hybridized carbons (Fsp3) is 0.417. The van der Waals surface area contributed by atoms with Crippen LogP contribution in [-0.4, -0.2) is 29.8 Å². The normalized spacial score (nSPS) is 13.7. The SMILES string of the molecule is CN(SP(C)c1cccc(Cl)c1Cl)C(C)(C)C=O. The van der Waals surface area contributed by atoms with Crippen LogP contribution < -0.4 is 5.30 Å². The zero-order valence-electron chi connectivity index (χ0n) is 10.8. The second-order valence-corrected chi connectivity index (χ2v) is 9.53. The van der Waals surface area contributed by atoms with Crippen LogP contribution in [0.15, 0.2) is 18.2 Å². The third kappa shape index (κ3) is 3.85. The van der Waals surface area contributed by atoms with E-state index >= 15 is 0 Å². The maximum atomic E-state index is 11.0. The molecule has 0 amide bonds. The Balaban J connectivity index is 2.86. The zero-order chi connectivity index (χ0) is 13.9. The van der Waals surface area contributed by atoms with Gasteiger partial charge in [0.1, 0.15) is 6.29 Å². The molecule has 0 saturated carbocycles. The van der Waals surface area contributed by atoms with Crippen LogP contribution in [0.5, 0.6) is 0 Å². The summed E-state index contributed by atoms with van der Waals surface area (Å²) < 4.78 is 1.96. The second-order valence-electron chi connectivity index (χ2n) is 4.42. The molecule has 6 heteroatoms. The number of halogens is 2. The Morgan fingerprint density at radius 2 is 2.00 bits per heavy atom. The molecule has 1 atom stereocenters. The third-order valence-electron chi connectivity index (χ3n) is 2.62. The first-order valence-corrected chi connectivity index (χ1v) is 9.28. The molecule has 0 heterocycles. The molecule has 0 spiro atoms. The van der Waals surface area contributed by atoms with Gasteiger partial charge < -0.3 is 4.79 Å². The highest BCUT2D eigenvalue weighted by Gasteiger charge is 2.26. The van der Waals surface area contributed by atoms with Gasteiger partial charge in [-0.2, -0.15) is 0 Å². The van der Waals surface area contributed by atoms with Crippen molar-refractivity contribution in [3.63, 3.8) is 0 Å². The van der Waals surface area contributed by atoms with E-state index in [1.807, 2.05) is 37.3 Å². The van der Waals surface area contributed by atoms with Gasteiger partial charge in [-0.1, -0.05) is 35.3 Å². The summed E-state index contributed by atoms with van der Waals surface area (Å²) in [4.78, 5) is 11.0. The summed E-state index contributed by atoms with van der Waals surface area (Å²) >= 11 is 13.8. The molecular formula is C12H16Cl2NOPS. The van der Waals surface area contributed by atoms with Crippen LogP contribution in [0, 0.1) is 0 Å². The van der Waals surface area contributed by atoms with Crippen molar-refractivity contribution in [1.82, 2.24) is 4.31 Å². The van der Waals surface area contributed by atoms with Crippen LogP contribution in [-0.2, 0) is 4.79 Å². The van der Waals surface area contributed by atoms with E-state index < -0.39 is 12.7 Å². The summed E-state index contributed by atoms with van der Waals surface area (Å²) in [5.74, 6) is 0. The number of hydrogen-bond donors (Lipinski definition) is 0. The maximum Gasteiger partial charge on any atom is 0.140 e. The molecule has 0 aliphatic rings. The average Bonchev–Trinajstić information content (AvgIpc) is 2.32. The molecule has 0 radical (unpaired) electrons. The third-order valence-corrected chi connectivity index (χ3v) is 7.64. The largest absolute Gasteiger partial charge is 0.301 e. The molecular weight excluding hydrogens is 308 g/mol. The number of likely N-dealkylation sites (N-methyl/N-ethyl adjacent to an activating group) is 1. The highest BCUT2D eigenvalue weighted by atomic mass is 35.5. The van der Waals surface area contributed by atoms with Crippen LogP contribution in [0.25, 0.3) is 0 Å². The molecule has 0 aliphatic carbocycles. The number of benzene rings is 1. The smallest absolute Gasteiger partial charge is 0.140 e. The van der Waals surface area contributed by atoms with Gasteiger partial charge >= 0.3 is 0 Å². The molecule has 0 saturated heterocycles. The Hall–Kier alpha value is 0.210. The standard InChI is InChI=1S/C12H16Cl2NOPS/c1-12(2,8-16)15(3)18-17(4)10-7-5-6-9(13)11(10)14/h5-8H,1-4H3. The highest BCUT2D eigenvalue weighted by molar-refractivity contribution is 8.56. The molecule has 0 N–H and O–H groups in total. The predicted octanol–water partition coefficient (Wildman–Crippen LogP) is 4.20. The first kappa shape index (κ1) is 16.3. The fourth-order valence-electron chi connectivity index (χ4n) is 1.14. The second kappa shape index (κ2) is 6.58. The number of aldehydes is 1. The van der Waals surface area contributed by atoms with E-state index in [1.54, 1.807) is 17.6 Å². The van der Waals surface area contributed by atoms with Crippen LogP contribution in [0.1, 0.15) is 13.8 Å². The average molecular weight is 324 g/mol. The summed E-state index contributed by atoms with van der Waals surface area (Å²) in [6, 6.07) is 5.66. The Kier molecular flexibility index (Phi) is 5.95. The molecule has 1 aromatic rings. The number of nitrogens with zero attached hydrogens (tertiary/aromatic N) is 1. The summed E-state index contributed by atoms with van der Waals surface area (Å²) in [6.07, 6.45) is 0.947. The van der Waals surface area contributed by atoms with Gasteiger partial charge in [0.05, 0.1) is 15.6 Å². The van der Waals surface area contributed by atoms with Gasteiger partial charge in [-0.3, -0.25) is 0 Å². The van der Waals surface area contributed by atoms with E-state index in [9.17, 15) is 4.79 Å². The monoisotopic (exact) mass is 323 g/mol. The lowest BCUT2D eigenvalue weighted by atomic mass is 10.1. The van der Waals surface area contributed by atoms with Crippen LogP contribution >= 0.6 is 41.9 Å². The van der Waals surface area contributed by atoms with E-state index in [1.165, 1.54) is 0 Å². The predicted molar refractivity (Wildman–Crippen MR) is 84.4 cm³/mol. The van der Waals surface area contributed by atoms with Crippen molar-refractivity contribution >= 4 is 53.5 Å². The molecule has 0 bridgehead atoms. The van der Waals surface area contributed by atoms with E-state index in [0.717, 1.165) is 11.6 Å². The molecule has 0 aromatic heterocycles. The van der Waals surface area contributed by atoms with Gasteiger partial charge in [-0.25, -0.2) is 4.31 Å². The molecule has 2 nitrogen and oxygen atoms in total. The van der Waals surface area contributed by atoms with Crippen molar-refractivity contribution in [3.8, 4) is 0 Å². The van der Waals surface area contributed by atoms with Crippen molar-refractivity contribution in [2.24, 2.45) is 0 Å². The van der Waals surface area contributed by atoms with Crippen LogP contribution in [0.2, 0.25) is 10.0 Å². The highest BCUT2D eigenvalue weighted by Crippen LogP contribution is 2.50. The molecule has 18 heavy (non-hydrogen) atoms. The maximum absolute atomic E-state index is 11.0. The van der Waals surface area contributed by atoms with Gasteiger partial charge in [-0.15, -0.1) is 0 Å². The van der Waals surface area contributed by atoms with Crippen LogP contribution in [0.4, 0.5) is 0 Å². The lowest BCUT2D eigenvalue weighted by molar-refractivity contribution is -0.113. The first-order chi connectivity index (χ1) is 8.29. The summed E-state index contributed by atoms with van der Waals surface area (Å²) in [5.41, 5.74) is -0.494. The minimum atomic E-state index is -0.555. The Morgan fingerprint density at radius 1 is 1.39 bits per heavy atom. The zero-order valence-corrected chi connectivity index (χ0v) is 14.0. The van der Waals surface area contributed by atoms with Crippen molar-refractivity contribution in [1.29, 1.82) is 0 Å². The Morgan fingerprint density at radius 3 is 2.56 bits per heavy atom. The van der Waals surface area contributed by atoms with Gasteiger partial charge in [0.2, 0.25) is 0 Å².